The minimum absolute atomic E-state index is 0.216. The van der Waals surface area contributed by atoms with Crippen LogP contribution in [-0.2, 0) is 6.18 Å². The van der Waals surface area contributed by atoms with Crippen LogP contribution < -0.4 is 0 Å². The van der Waals surface area contributed by atoms with Crippen LogP contribution in [0.2, 0.25) is 5.02 Å². The van der Waals surface area contributed by atoms with E-state index in [0.29, 0.717) is 0 Å². The second-order valence-electron chi connectivity index (χ2n) is 3.06. The number of hydrogen-bond acceptors (Lipinski definition) is 0. The highest BCUT2D eigenvalue weighted by atomic mass is 35.5. The summed E-state index contributed by atoms with van der Waals surface area (Å²) >= 11 is 5.55. The second-order valence-corrected chi connectivity index (χ2v) is 5.77. The summed E-state index contributed by atoms with van der Waals surface area (Å²) in [4.78, 5) is 0.873. The van der Waals surface area contributed by atoms with Crippen molar-refractivity contribution in [1.29, 1.82) is 0 Å². The van der Waals surface area contributed by atoms with E-state index in [9.17, 15) is 13.2 Å². The molecule has 80 valence electrons. The topological polar surface area (TPSA) is 0 Å². The lowest BCUT2D eigenvalue weighted by molar-refractivity contribution is -0.137. The molecule has 0 amide bonds. The highest BCUT2D eigenvalue weighted by Crippen LogP contribution is 2.38. The molecular formula is C9H10ClF3S. The molecule has 0 radical (unpaired) electrons. The fraction of sp³-hybridized carbons (Fsp3) is 0.333. The van der Waals surface area contributed by atoms with Crippen LogP contribution in [0.3, 0.4) is 0 Å². The summed E-state index contributed by atoms with van der Waals surface area (Å²) in [6.07, 6.45) is -0.428. The molecule has 5 heteroatoms. The summed E-state index contributed by atoms with van der Waals surface area (Å²) in [6.45, 7) is 0. The first kappa shape index (κ1) is 11.7. The van der Waals surface area contributed by atoms with E-state index in [1.807, 2.05) is 12.5 Å². The molecule has 0 atom stereocenters. The monoisotopic (exact) mass is 242 g/mol. The maximum Gasteiger partial charge on any atom is 0.417 e. The van der Waals surface area contributed by atoms with Crippen molar-refractivity contribution in [1.82, 2.24) is 0 Å². The normalized spacial score (nSPS) is 12.9. The molecule has 0 N–H and O–H groups in total. The number of alkyl halides is 3. The largest absolute Gasteiger partial charge is 0.417 e. The Balaban J connectivity index is 3.15. The maximum absolute atomic E-state index is 12.3. The molecule has 0 fully saturated rings. The molecule has 0 aliphatic rings. The molecule has 0 aliphatic heterocycles. The standard InChI is InChI=1S/C9H10ClF3S/c1-14(2)6-3-4-7(8(10)5-6)9(11,12)13/h3-5,14H,1-2H3. The van der Waals surface area contributed by atoms with Gasteiger partial charge in [-0.3, -0.25) is 0 Å². The highest BCUT2D eigenvalue weighted by molar-refractivity contribution is 8.15. The molecule has 0 spiro atoms. The van der Waals surface area contributed by atoms with E-state index in [4.69, 9.17) is 11.6 Å². The quantitative estimate of drug-likeness (QED) is 0.708. The Bertz CT molecular complexity index is 333. The molecule has 0 aliphatic carbocycles. The minimum Gasteiger partial charge on any atom is -0.233 e. The second kappa shape index (κ2) is 4.03. The van der Waals surface area contributed by atoms with Gasteiger partial charge in [0, 0.05) is 0 Å². The number of hydrogen-bond donors (Lipinski definition) is 1. The number of rotatable bonds is 1. The minimum atomic E-state index is -4.36. The van der Waals surface area contributed by atoms with Gasteiger partial charge in [-0.05, 0) is 35.6 Å². The van der Waals surface area contributed by atoms with E-state index < -0.39 is 22.6 Å². The van der Waals surface area contributed by atoms with Crippen LogP contribution in [0.5, 0.6) is 0 Å². The summed E-state index contributed by atoms with van der Waals surface area (Å²) in [5, 5.41) is -0.216. The van der Waals surface area contributed by atoms with Crippen molar-refractivity contribution in [2.45, 2.75) is 11.1 Å². The first-order valence-electron chi connectivity index (χ1n) is 3.86. The molecule has 14 heavy (non-hydrogen) atoms. The van der Waals surface area contributed by atoms with Gasteiger partial charge >= 0.3 is 6.18 Å². The molecule has 0 heterocycles. The zero-order valence-electron chi connectivity index (χ0n) is 7.69. The van der Waals surface area contributed by atoms with Crippen molar-refractivity contribution in [3.05, 3.63) is 28.8 Å². The van der Waals surface area contributed by atoms with Gasteiger partial charge in [-0.25, -0.2) is 10.9 Å². The molecule has 0 bridgehead atoms. The molecule has 0 saturated carbocycles. The Hall–Kier alpha value is -0.350. The average Bonchev–Trinajstić information content (AvgIpc) is 2.01. The first-order valence-corrected chi connectivity index (χ1v) is 6.48. The van der Waals surface area contributed by atoms with Crippen LogP contribution in [0, 0.1) is 0 Å². The Morgan fingerprint density at radius 2 is 1.79 bits per heavy atom. The summed E-state index contributed by atoms with van der Waals surface area (Å²) in [5.74, 6) is 0. The van der Waals surface area contributed by atoms with Crippen molar-refractivity contribution in [3.8, 4) is 0 Å². The SMILES string of the molecule is C[SH](C)c1ccc(C(F)(F)F)c(Cl)c1. The third kappa shape index (κ3) is 2.58. The van der Waals surface area contributed by atoms with Gasteiger partial charge in [0.25, 0.3) is 0 Å². The Kier molecular flexibility index (Phi) is 3.37. The molecule has 1 rings (SSSR count). The third-order valence-electron chi connectivity index (χ3n) is 1.77. The van der Waals surface area contributed by atoms with Crippen LogP contribution in [0.15, 0.2) is 23.1 Å². The van der Waals surface area contributed by atoms with Crippen LogP contribution in [0.4, 0.5) is 13.2 Å². The van der Waals surface area contributed by atoms with Crippen LogP contribution in [0.1, 0.15) is 5.56 Å². The van der Waals surface area contributed by atoms with E-state index in [1.165, 1.54) is 12.1 Å². The lowest BCUT2D eigenvalue weighted by Gasteiger charge is -2.13. The molecule has 1 aromatic rings. The van der Waals surface area contributed by atoms with Gasteiger partial charge < -0.3 is 0 Å². The Labute approximate surface area is 88.4 Å². The van der Waals surface area contributed by atoms with E-state index in [0.717, 1.165) is 11.0 Å². The van der Waals surface area contributed by atoms with Gasteiger partial charge in [-0.2, -0.15) is 13.2 Å². The maximum atomic E-state index is 12.3. The number of halogens is 4. The molecule has 0 nitrogen and oxygen atoms in total. The summed E-state index contributed by atoms with van der Waals surface area (Å²) < 4.78 is 36.9. The molecule has 1 aromatic carbocycles. The van der Waals surface area contributed by atoms with Crippen molar-refractivity contribution < 1.29 is 13.2 Å². The molecular weight excluding hydrogens is 233 g/mol. The van der Waals surface area contributed by atoms with E-state index in [2.05, 4.69) is 0 Å². The van der Waals surface area contributed by atoms with Gasteiger partial charge in [0.2, 0.25) is 0 Å². The predicted molar refractivity (Wildman–Crippen MR) is 55.6 cm³/mol. The van der Waals surface area contributed by atoms with Crippen molar-refractivity contribution in [2.75, 3.05) is 12.5 Å². The van der Waals surface area contributed by atoms with Gasteiger partial charge in [0.1, 0.15) is 0 Å². The third-order valence-corrected chi connectivity index (χ3v) is 3.40. The van der Waals surface area contributed by atoms with Gasteiger partial charge in [0.15, 0.2) is 0 Å². The number of benzene rings is 1. The van der Waals surface area contributed by atoms with Crippen LogP contribution in [-0.4, -0.2) is 12.5 Å². The lowest BCUT2D eigenvalue weighted by Crippen LogP contribution is -2.05. The predicted octanol–water partition coefficient (Wildman–Crippen LogP) is 3.98. The fourth-order valence-electron chi connectivity index (χ4n) is 1.01. The fourth-order valence-corrected chi connectivity index (χ4v) is 2.14. The van der Waals surface area contributed by atoms with Crippen LogP contribution in [0.25, 0.3) is 0 Å². The zero-order chi connectivity index (χ0) is 10.9. The van der Waals surface area contributed by atoms with Gasteiger partial charge in [0.05, 0.1) is 10.6 Å². The average molecular weight is 243 g/mol. The summed E-state index contributed by atoms with van der Waals surface area (Å²) in [7, 11) is -0.412. The van der Waals surface area contributed by atoms with Crippen molar-refractivity contribution in [2.24, 2.45) is 0 Å². The van der Waals surface area contributed by atoms with E-state index in [-0.39, 0.29) is 5.02 Å². The van der Waals surface area contributed by atoms with Gasteiger partial charge in [-0.1, -0.05) is 11.6 Å². The molecule has 0 unspecified atom stereocenters. The van der Waals surface area contributed by atoms with Crippen LogP contribution >= 0.6 is 22.5 Å². The smallest absolute Gasteiger partial charge is 0.233 e. The zero-order valence-corrected chi connectivity index (χ0v) is 9.34. The Morgan fingerprint density at radius 1 is 1.21 bits per heavy atom. The summed E-state index contributed by atoms with van der Waals surface area (Å²) in [5.41, 5.74) is -0.764. The Morgan fingerprint density at radius 3 is 2.14 bits per heavy atom. The first-order chi connectivity index (χ1) is 6.32. The van der Waals surface area contributed by atoms with E-state index in [1.54, 1.807) is 0 Å². The molecule has 0 saturated heterocycles. The number of thiol groups is 1. The lowest BCUT2D eigenvalue weighted by atomic mass is 10.2. The van der Waals surface area contributed by atoms with Crippen molar-refractivity contribution >= 4 is 22.5 Å². The highest BCUT2D eigenvalue weighted by Gasteiger charge is 2.32. The van der Waals surface area contributed by atoms with Gasteiger partial charge in [-0.15, -0.1) is 0 Å². The molecule has 0 aromatic heterocycles. The van der Waals surface area contributed by atoms with E-state index >= 15 is 0 Å². The van der Waals surface area contributed by atoms with Crippen molar-refractivity contribution in [3.63, 3.8) is 0 Å². The summed E-state index contributed by atoms with van der Waals surface area (Å²) in [6, 6.07) is 3.93.